The van der Waals surface area contributed by atoms with Crippen molar-refractivity contribution in [3.8, 4) is 11.1 Å². The molecule has 0 atom stereocenters. The van der Waals surface area contributed by atoms with Gasteiger partial charge in [-0.2, -0.15) is 0 Å². The molecule has 1 heterocycles. The number of rotatable bonds is 5. The van der Waals surface area contributed by atoms with Gasteiger partial charge in [0, 0.05) is 16.4 Å². The Morgan fingerprint density at radius 1 is 1.33 bits per heavy atom. The van der Waals surface area contributed by atoms with Crippen molar-refractivity contribution < 1.29 is 0 Å². The van der Waals surface area contributed by atoms with Crippen molar-refractivity contribution in [2.24, 2.45) is 0 Å². The summed E-state index contributed by atoms with van der Waals surface area (Å²) in [6, 6.07) is 8.10. The van der Waals surface area contributed by atoms with E-state index in [1.54, 1.807) is 11.3 Å². The molecule has 0 unspecified atom stereocenters. The van der Waals surface area contributed by atoms with E-state index >= 15 is 0 Å². The standard InChI is InChI=1S/C15H18ClNS/c1-3-7-17-9-13-10-18-11(2)15(13)12-5-4-6-14(16)8-12/h4-6,8,10,17H,3,7,9H2,1-2H3. The summed E-state index contributed by atoms with van der Waals surface area (Å²) in [5.74, 6) is 0. The summed E-state index contributed by atoms with van der Waals surface area (Å²) < 4.78 is 0. The minimum absolute atomic E-state index is 0.797. The average Bonchev–Trinajstić information content (AvgIpc) is 2.71. The summed E-state index contributed by atoms with van der Waals surface area (Å²) in [4.78, 5) is 1.35. The molecule has 0 saturated carbocycles. The van der Waals surface area contributed by atoms with Crippen LogP contribution in [0.25, 0.3) is 11.1 Å². The summed E-state index contributed by atoms with van der Waals surface area (Å²) in [7, 11) is 0. The Morgan fingerprint density at radius 3 is 2.89 bits per heavy atom. The Bertz CT molecular complexity index is 519. The van der Waals surface area contributed by atoms with E-state index in [0.29, 0.717) is 0 Å². The first-order valence-electron chi connectivity index (χ1n) is 6.26. The zero-order valence-electron chi connectivity index (χ0n) is 10.8. The molecule has 0 radical (unpaired) electrons. The van der Waals surface area contributed by atoms with Crippen molar-refractivity contribution in [1.29, 1.82) is 0 Å². The quantitative estimate of drug-likeness (QED) is 0.770. The Morgan fingerprint density at radius 2 is 2.17 bits per heavy atom. The molecule has 0 aliphatic rings. The van der Waals surface area contributed by atoms with E-state index in [1.165, 1.54) is 21.6 Å². The molecule has 0 aliphatic carbocycles. The van der Waals surface area contributed by atoms with Crippen LogP contribution < -0.4 is 5.32 Å². The Balaban J connectivity index is 2.29. The Labute approximate surface area is 118 Å². The highest BCUT2D eigenvalue weighted by Gasteiger charge is 2.10. The van der Waals surface area contributed by atoms with Crippen LogP contribution in [0.3, 0.4) is 0 Å². The smallest absolute Gasteiger partial charge is 0.0412 e. The van der Waals surface area contributed by atoms with Crippen LogP contribution in [0.2, 0.25) is 5.02 Å². The number of nitrogens with one attached hydrogen (secondary N) is 1. The topological polar surface area (TPSA) is 12.0 Å². The van der Waals surface area contributed by atoms with E-state index < -0.39 is 0 Å². The van der Waals surface area contributed by atoms with Crippen LogP contribution in [-0.4, -0.2) is 6.54 Å². The first-order chi connectivity index (χ1) is 8.72. The molecule has 1 nitrogen and oxygen atoms in total. The van der Waals surface area contributed by atoms with Gasteiger partial charge in [-0.1, -0.05) is 30.7 Å². The molecule has 2 rings (SSSR count). The first kappa shape index (κ1) is 13.6. The second-order valence-corrected chi connectivity index (χ2v) is 5.90. The zero-order chi connectivity index (χ0) is 13.0. The van der Waals surface area contributed by atoms with Crippen molar-refractivity contribution in [3.05, 3.63) is 45.1 Å². The van der Waals surface area contributed by atoms with Gasteiger partial charge in [0.05, 0.1) is 0 Å². The third kappa shape index (κ3) is 3.14. The number of hydrogen-bond acceptors (Lipinski definition) is 2. The maximum absolute atomic E-state index is 6.08. The lowest BCUT2D eigenvalue weighted by Gasteiger charge is -2.07. The maximum Gasteiger partial charge on any atom is 0.0412 e. The molecule has 96 valence electrons. The minimum atomic E-state index is 0.797. The van der Waals surface area contributed by atoms with E-state index in [1.807, 2.05) is 18.2 Å². The van der Waals surface area contributed by atoms with Crippen LogP contribution >= 0.6 is 22.9 Å². The van der Waals surface area contributed by atoms with Crippen LogP contribution in [0.1, 0.15) is 23.8 Å². The van der Waals surface area contributed by atoms with Crippen molar-refractivity contribution in [1.82, 2.24) is 5.32 Å². The summed E-state index contributed by atoms with van der Waals surface area (Å²) in [6.45, 7) is 6.35. The Hall–Kier alpha value is -0.830. The zero-order valence-corrected chi connectivity index (χ0v) is 12.4. The molecule has 0 bridgehead atoms. The lowest BCUT2D eigenvalue weighted by atomic mass is 10.0. The van der Waals surface area contributed by atoms with Gasteiger partial charge in [0.25, 0.3) is 0 Å². The number of hydrogen-bond donors (Lipinski definition) is 1. The molecule has 1 N–H and O–H groups in total. The van der Waals surface area contributed by atoms with Gasteiger partial charge in [-0.05, 0) is 54.1 Å². The molecule has 0 spiro atoms. The summed E-state index contributed by atoms with van der Waals surface area (Å²) >= 11 is 7.89. The predicted molar refractivity (Wildman–Crippen MR) is 81.5 cm³/mol. The van der Waals surface area contributed by atoms with E-state index in [0.717, 1.165) is 24.5 Å². The monoisotopic (exact) mass is 279 g/mol. The number of aryl methyl sites for hydroxylation is 1. The van der Waals surface area contributed by atoms with Crippen LogP contribution in [0.15, 0.2) is 29.6 Å². The van der Waals surface area contributed by atoms with Gasteiger partial charge in [-0.3, -0.25) is 0 Å². The molecule has 18 heavy (non-hydrogen) atoms. The van der Waals surface area contributed by atoms with E-state index in [-0.39, 0.29) is 0 Å². The van der Waals surface area contributed by atoms with Crippen LogP contribution in [0, 0.1) is 6.92 Å². The van der Waals surface area contributed by atoms with Crippen molar-refractivity contribution >= 4 is 22.9 Å². The lowest BCUT2D eigenvalue weighted by molar-refractivity contribution is 0.677. The normalized spacial score (nSPS) is 10.8. The van der Waals surface area contributed by atoms with Gasteiger partial charge in [-0.25, -0.2) is 0 Å². The third-order valence-electron chi connectivity index (χ3n) is 2.91. The largest absolute Gasteiger partial charge is 0.313 e. The second kappa shape index (κ2) is 6.37. The second-order valence-electron chi connectivity index (χ2n) is 4.38. The summed E-state index contributed by atoms with van der Waals surface area (Å²) in [5.41, 5.74) is 3.92. The van der Waals surface area contributed by atoms with Crippen molar-refractivity contribution in [2.75, 3.05) is 6.54 Å². The number of thiophene rings is 1. The van der Waals surface area contributed by atoms with Gasteiger partial charge < -0.3 is 5.32 Å². The fraction of sp³-hybridized carbons (Fsp3) is 0.333. The molecule has 0 amide bonds. The summed E-state index contributed by atoms with van der Waals surface area (Å²) in [6.07, 6.45) is 1.16. The van der Waals surface area contributed by atoms with Crippen LogP contribution in [0.5, 0.6) is 0 Å². The molecule has 0 saturated heterocycles. The predicted octanol–water partition coefficient (Wildman–Crippen LogP) is 4.88. The van der Waals surface area contributed by atoms with Gasteiger partial charge in [0.1, 0.15) is 0 Å². The highest BCUT2D eigenvalue weighted by molar-refractivity contribution is 7.10. The molecule has 0 aliphatic heterocycles. The van der Waals surface area contributed by atoms with Gasteiger partial charge >= 0.3 is 0 Å². The molecular weight excluding hydrogens is 262 g/mol. The molecule has 3 heteroatoms. The molecule has 0 fully saturated rings. The number of benzene rings is 1. The first-order valence-corrected chi connectivity index (χ1v) is 7.51. The maximum atomic E-state index is 6.08. The van der Waals surface area contributed by atoms with Crippen molar-refractivity contribution in [3.63, 3.8) is 0 Å². The van der Waals surface area contributed by atoms with Crippen LogP contribution in [-0.2, 0) is 6.54 Å². The van der Waals surface area contributed by atoms with Crippen LogP contribution in [0.4, 0.5) is 0 Å². The molecule has 2 aromatic rings. The SMILES string of the molecule is CCCNCc1csc(C)c1-c1cccc(Cl)c1. The van der Waals surface area contributed by atoms with E-state index in [9.17, 15) is 0 Å². The van der Waals surface area contributed by atoms with Gasteiger partial charge in [-0.15, -0.1) is 11.3 Å². The minimum Gasteiger partial charge on any atom is -0.313 e. The molecular formula is C15H18ClNS. The average molecular weight is 280 g/mol. The van der Waals surface area contributed by atoms with E-state index in [2.05, 4.69) is 30.6 Å². The Kier molecular flexibility index (Phi) is 4.81. The van der Waals surface area contributed by atoms with Crippen molar-refractivity contribution in [2.45, 2.75) is 26.8 Å². The highest BCUT2D eigenvalue weighted by Crippen LogP contribution is 2.33. The molecule has 1 aromatic heterocycles. The fourth-order valence-corrected chi connectivity index (χ4v) is 3.14. The van der Waals surface area contributed by atoms with Gasteiger partial charge in [0.2, 0.25) is 0 Å². The van der Waals surface area contributed by atoms with Gasteiger partial charge in [0.15, 0.2) is 0 Å². The summed E-state index contributed by atoms with van der Waals surface area (Å²) in [5, 5.41) is 6.50. The lowest BCUT2D eigenvalue weighted by Crippen LogP contribution is -2.13. The fourth-order valence-electron chi connectivity index (χ4n) is 2.07. The third-order valence-corrected chi connectivity index (χ3v) is 4.10. The number of halogens is 1. The van der Waals surface area contributed by atoms with E-state index in [4.69, 9.17) is 11.6 Å². The molecule has 1 aromatic carbocycles. The highest BCUT2D eigenvalue weighted by atomic mass is 35.5.